The number of aliphatic carboxylic acids is 1. The van der Waals surface area contributed by atoms with Crippen LogP contribution in [-0.2, 0) is 38.1 Å². The van der Waals surface area contributed by atoms with Crippen molar-refractivity contribution in [3.05, 3.63) is 137 Å². The number of carbonyl (C=O) groups is 10. The lowest BCUT2D eigenvalue weighted by atomic mass is 10.1. The molecule has 5 N–H and O–H groups in total. The Balaban J connectivity index is -0.000000959. The van der Waals surface area contributed by atoms with E-state index in [1.165, 1.54) is 79.4 Å². The molecule has 0 heterocycles. The maximum absolute atomic E-state index is 12.3. The topological polar surface area (TPSA) is 327 Å². The second kappa shape index (κ2) is 35.8. The number of halogens is 1. The van der Waals surface area contributed by atoms with Gasteiger partial charge in [-0.2, -0.15) is 0 Å². The number of ketones is 3. The minimum Gasteiger partial charge on any atom is -0.508 e. The Kier molecular flexibility index (Phi) is 33.8. The number of ether oxygens (including phenoxy) is 6. The maximum Gasteiger partial charge on any atom is 0.338 e. The highest BCUT2D eigenvalue weighted by molar-refractivity contribution is 9.09. The third-order valence-corrected chi connectivity index (χ3v) is 7.61. The molecule has 0 fully saturated rings. The molecule has 0 amide bonds. The highest BCUT2D eigenvalue weighted by atomic mass is 79.9. The summed E-state index contributed by atoms with van der Waals surface area (Å²) < 4.78 is 29.3. The van der Waals surface area contributed by atoms with Gasteiger partial charge in [-0.05, 0) is 99.0 Å². The first-order valence-electron chi connectivity index (χ1n) is 20.0. The minimum atomic E-state index is -1.28. The van der Waals surface area contributed by atoms with E-state index in [1.54, 1.807) is 0 Å². The SMILES string of the molecule is C=C(C)C(=O)COC(=O)c1cc(OCC(=O)C(=C)C)cc(C(=O)OCC(=O)C(=C)C)c1.C=C(C)C(=O)O.CC.COC(=O)c1cc(OC)cc(C(=O)OC)c1.O=C(O)c1cc(O)cc(C(=O)O)c1.OCBr. The van der Waals surface area contributed by atoms with Gasteiger partial charge in [-0.1, -0.05) is 56.1 Å². The van der Waals surface area contributed by atoms with Crippen LogP contribution in [0.15, 0.2) is 103 Å². The predicted octanol–water partition coefficient (Wildman–Crippen LogP) is 6.88. The molecule has 0 aliphatic rings. The van der Waals surface area contributed by atoms with Crippen molar-refractivity contribution in [1.29, 1.82) is 0 Å². The molecular formula is C49H57BrO21. The second-order valence-corrected chi connectivity index (χ2v) is 13.8. The van der Waals surface area contributed by atoms with Gasteiger partial charge in [0.1, 0.15) is 17.2 Å². The zero-order chi connectivity index (χ0) is 55.7. The van der Waals surface area contributed by atoms with E-state index in [-0.39, 0.29) is 85.1 Å². The zero-order valence-corrected chi connectivity index (χ0v) is 42.1. The Morgan fingerprint density at radius 2 is 0.761 bits per heavy atom. The van der Waals surface area contributed by atoms with Crippen molar-refractivity contribution in [3.63, 3.8) is 0 Å². The molecule has 21 nitrogen and oxygen atoms in total. The van der Waals surface area contributed by atoms with Crippen LogP contribution in [-0.4, -0.2) is 131 Å². The van der Waals surface area contributed by atoms with Crippen molar-refractivity contribution in [3.8, 4) is 17.2 Å². The molecule has 0 radical (unpaired) electrons. The number of phenols is 1. The lowest BCUT2D eigenvalue weighted by Gasteiger charge is -2.11. The second-order valence-electron chi connectivity index (χ2n) is 13.3. The fourth-order valence-electron chi connectivity index (χ4n) is 3.91. The van der Waals surface area contributed by atoms with Gasteiger partial charge in [-0.15, -0.1) is 0 Å². The van der Waals surface area contributed by atoms with Gasteiger partial charge in [0, 0.05) is 5.57 Å². The van der Waals surface area contributed by atoms with Crippen molar-refractivity contribution in [2.45, 2.75) is 41.5 Å². The third kappa shape index (κ3) is 28.0. The van der Waals surface area contributed by atoms with E-state index >= 15 is 0 Å². The van der Waals surface area contributed by atoms with Gasteiger partial charge < -0.3 is 54.0 Å². The predicted molar refractivity (Wildman–Crippen MR) is 259 cm³/mol. The molecule has 0 bridgehead atoms. The van der Waals surface area contributed by atoms with Crippen LogP contribution >= 0.6 is 15.9 Å². The quantitative estimate of drug-likeness (QED) is 0.0375. The first-order valence-corrected chi connectivity index (χ1v) is 21.1. The fraction of sp³-hybridized carbons (Fsp3) is 0.265. The number of methoxy groups -OCH3 is 3. The number of aromatic hydroxyl groups is 1. The average molecular weight is 1060 g/mol. The van der Waals surface area contributed by atoms with Gasteiger partial charge >= 0.3 is 41.8 Å². The van der Waals surface area contributed by atoms with Crippen LogP contribution in [0.3, 0.4) is 0 Å². The first-order chi connectivity index (χ1) is 33.1. The van der Waals surface area contributed by atoms with Crippen LogP contribution in [0.25, 0.3) is 0 Å². The molecule has 0 saturated carbocycles. The smallest absolute Gasteiger partial charge is 0.338 e. The Bertz CT molecular complexity index is 2310. The molecule has 3 rings (SSSR count). The van der Waals surface area contributed by atoms with Crippen LogP contribution in [0.2, 0.25) is 0 Å². The number of Topliss-reactive ketones (excluding diaryl/α,β-unsaturated/α-hetero) is 3. The number of aliphatic hydroxyl groups is 1. The normalized spacial score (nSPS) is 9.17. The van der Waals surface area contributed by atoms with Gasteiger partial charge in [0.15, 0.2) is 37.2 Å². The zero-order valence-electron chi connectivity index (χ0n) is 40.5. The molecule has 0 aliphatic heterocycles. The first kappa shape index (κ1) is 67.0. The fourth-order valence-corrected chi connectivity index (χ4v) is 3.91. The maximum atomic E-state index is 12.3. The number of esters is 4. The molecule has 0 unspecified atom stereocenters. The summed E-state index contributed by atoms with van der Waals surface area (Å²) in [6, 6.07) is 10.9. The standard InChI is InChI=1S/C23H24O8.C11H12O5.C8H6O5.C4H6O2.C2H6.CH3BrO/c1-13(2)19(24)10-29-18-8-16(22(27)30-11-20(25)14(3)4)7-17(9-18)23(28)31-12-21(26)15(5)6;1-14-9-5-7(10(12)15-2)4-8(6-9)11(13)16-3;9-6-2-4(7(10)11)1-5(3-6)8(12)13;1-3(2)4(5)6;1-2;2-1-3/h7-9H,1,3,5,10-12H2,2,4,6H3;4-6H,1-3H3;1-3,9H,(H,10,11)(H,12,13);1H2,2H3,(H,5,6);1-2H3;3H,1H2. The van der Waals surface area contributed by atoms with E-state index in [2.05, 4.69) is 51.7 Å². The molecule has 0 aromatic heterocycles. The van der Waals surface area contributed by atoms with Gasteiger partial charge in [-0.25, -0.2) is 33.6 Å². The largest absolute Gasteiger partial charge is 0.508 e. The summed E-state index contributed by atoms with van der Waals surface area (Å²) in [7, 11) is 3.97. The molecule has 0 saturated heterocycles. The number of benzene rings is 3. The van der Waals surface area contributed by atoms with Crippen molar-refractivity contribution in [2.75, 3.05) is 46.7 Å². The van der Waals surface area contributed by atoms with Gasteiger partial charge in [0.2, 0.25) is 0 Å². The molecule has 386 valence electrons. The lowest BCUT2D eigenvalue weighted by molar-refractivity contribution is -0.132. The molecule has 3 aromatic rings. The Morgan fingerprint density at radius 3 is 1.03 bits per heavy atom. The highest BCUT2D eigenvalue weighted by Crippen LogP contribution is 2.21. The number of hydrogen-bond donors (Lipinski definition) is 5. The molecule has 0 spiro atoms. The van der Waals surface area contributed by atoms with Crippen LogP contribution in [0.1, 0.15) is 104 Å². The van der Waals surface area contributed by atoms with E-state index < -0.39 is 66.6 Å². The Morgan fingerprint density at radius 1 is 0.479 bits per heavy atom. The summed E-state index contributed by atoms with van der Waals surface area (Å²) in [5.41, 5.74) is 0.679. The molecule has 0 atom stereocenters. The van der Waals surface area contributed by atoms with Crippen LogP contribution in [0.5, 0.6) is 17.2 Å². The summed E-state index contributed by atoms with van der Waals surface area (Å²) in [5, 5.41) is 41.4. The Hall–Kier alpha value is -8.24. The summed E-state index contributed by atoms with van der Waals surface area (Å²) in [6.07, 6.45) is 0. The summed E-state index contributed by atoms with van der Waals surface area (Å²) in [4.78, 5) is 113. The summed E-state index contributed by atoms with van der Waals surface area (Å²) in [6.45, 7) is 22.1. The van der Waals surface area contributed by atoms with Crippen LogP contribution in [0, 0.1) is 0 Å². The molecule has 22 heteroatoms. The number of carboxylic acid groups (broad SMARTS) is 3. The van der Waals surface area contributed by atoms with Crippen molar-refractivity contribution in [1.82, 2.24) is 0 Å². The number of aromatic carboxylic acids is 2. The molecule has 71 heavy (non-hydrogen) atoms. The number of phenolic OH excluding ortho intramolecular Hbond substituents is 1. The molecular weight excluding hydrogens is 1000 g/mol. The number of carbonyl (C=O) groups excluding carboxylic acids is 7. The third-order valence-electron chi connectivity index (χ3n) is 7.61. The van der Waals surface area contributed by atoms with E-state index in [0.29, 0.717) is 5.75 Å². The Labute approximate surface area is 417 Å². The molecule has 3 aromatic carbocycles. The van der Waals surface area contributed by atoms with Crippen molar-refractivity contribution in [2.24, 2.45) is 0 Å². The molecule has 0 aliphatic carbocycles. The summed E-state index contributed by atoms with van der Waals surface area (Å²) in [5.74, 6) is -7.67. The van der Waals surface area contributed by atoms with Crippen LogP contribution in [0.4, 0.5) is 0 Å². The van der Waals surface area contributed by atoms with E-state index in [0.717, 1.165) is 24.3 Å². The van der Waals surface area contributed by atoms with Crippen molar-refractivity contribution >= 4 is 75.1 Å². The number of hydrogen-bond acceptors (Lipinski definition) is 18. The van der Waals surface area contributed by atoms with Crippen molar-refractivity contribution < 1.29 is 102 Å². The number of aliphatic hydroxyl groups excluding tert-OH is 1. The van der Waals surface area contributed by atoms with E-state index in [9.17, 15) is 47.9 Å². The monoisotopic (exact) mass is 1060 g/mol. The summed E-state index contributed by atoms with van der Waals surface area (Å²) >= 11 is 2.70. The number of rotatable bonds is 18. The average Bonchev–Trinajstić information content (AvgIpc) is 3.33. The van der Waals surface area contributed by atoms with Gasteiger partial charge in [0.25, 0.3) is 0 Å². The number of carboxylic acids is 3. The van der Waals surface area contributed by atoms with E-state index in [1.807, 2.05) is 13.8 Å². The van der Waals surface area contributed by atoms with E-state index in [4.69, 9.17) is 44.5 Å². The number of alkyl halides is 1. The van der Waals surface area contributed by atoms with Gasteiger partial charge in [-0.3, -0.25) is 14.4 Å². The van der Waals surface area contributed by atoms with Gasteiger partial charge in [0.05, 0.1) is 60.2 Å². The van der Waals surface area contributed by atoms with Crippen LogP contribution < -0.4 is 9.47 Å². The highest BCUT2D eigenvalue weighted by Gasteiger charge is 2.19. The lowest BCUT2D eigenvalue weighted by Crippen LogP contribution is -2.17. The minimum absolute atomic E-state index is 0.00783.